The fourth-order valence-electron chi connectivity index (χ4n) is 0.998. The van der Waals surface area contributed by atoms with Gasteiger partial charge < -0.3 is 4.74 Å². The van der Waals surface area contributed by atoms with E-state index in [4.69, 9.17) is 0 Å². The number of hydrogen-bond acceptors (Lipinski definition) is 5. The van der Waals surface area contributed by atoms with Crippen molar-refractivity contribution in [3.8, 4) is 0 Å². The summed E-state index contributed by atoms with van der Waals surface area (Å²) in [6.07, 6.45) is 0. The van der Waals surface area contributed by atoms with E-state index >= 15 is 0 Å². The highest BCUT2D eigenvalue weighted by molar-refractivity contribution is 7.86. The van der Waals surface area contributed by atoms with Gasteiger partial charge in [-0.15, -0.1) is 0 Å². The van der Waals surface area contributed by atoms with Gasteiger partial charge in [0.15, 0.2) is 0 Å². The van der Waals surface area contributed by atoms with E-state index in [1.165, 1.54) is 6.92 Å². The van der Waals surface area contributed by atoms with Crippen molar-refractivity contribution in [2.75, 3.05) is 13.2 Å². The second-order valence-corrected chi connectivity index (χ2v) is 4.69. The third kappa shape index (κ3) is 4.49. The Kier molecular flexibility index (Phi) is 4.59. The summed E-state index contributed by atoms with van der Waals surface area (Å²) in [4.78, 5) is 10.3. The van der Waals surface area contributed by atoms with E-state index in [0.717, 1.165) is 24.3 Å². The Morgan fingerprint density at radius 3 is 2.35 bits per heavy atom. The zero-order chi connectivity index (χ0) is 12.9. The molecular weight excluding hydrogens is 251 g/mol. The Balaban J connectivity index is 2.57. The van der Waals surface area contributed by atoms with Crippen molar-refractivity contribution in [2.24, 2.45) is 0 Å². The maximum absolute atomic E-state index is 12.6. The lowest BCUT2D eigenvalue weighted by Crippen LogP contribution is -2.13. The molecule has 0 radical (unpaired) electrons. The van der Waals surface area contributed by atoms with Crippen LogP contribution in [0.1, 0.15) is 6.92 Å². The van der Waals surface area contributed by atoms with Gasteiger partial charge in [0.1, 0.15) is 19.0 Å². The Morgan fingerprint density at radius 1 is 1.24 bits per heavy atom. The number of carbonyl (C=O) groups excluding carboxylic acids is 1. The highest BCUT2D eigenvalue weighted by Gasteiger charge is 2.14. The van der Waals surface area contributed by atoms with Crippen LogP contribution in [0.3, 0.4) is 0 Å². The first-order valence-corrected chi connectivity index (χ1v) is 6.11. The van der Waals surface area contributed by atoms with E-state index < -0.39 is 21.9 Å². The van der Waals surface area contributed by atoms with E-state index in [2.05, 4.69) is 8.92 Å². The number of hydrogen-bond donors (Lipinski definition) is 0. The van der Waals surface area contributed by atoms with Gasteiger partial charge >= 0.3 is 5.97 Å². The predicted octanol–water partition coefficient (Wildman–Crippen LogP) is 1.09. The van der Waals surface area contributed by atoms with Crippen LogP contribution in [0, 0.1) is 5.82 Å². The standard InChI is InChI=1S/C10H11FO5S/c1-8(12)15-6-7-16-17(13,14)10-4-2-9(11)3-5-10/h2-5H,6-7H2,1H3. The molecule has 0 spiro atoms. The second-order valence-electron chi connectivity index (χ2n) is 3.07. The summed E-state index contributed by atoms with van der Waals surface area (Å²) in [5, 5.41) is 0. The molecule has 7 heteroatoms. The minimum Gasteiger partial charge on any atom is -0.463 e. The summed E-state index contributed by atoms with van der Waals surface area (Å²) >= 11 is 0. The molecule has 0 saturated carbocycles. The number of benzene rings is 1. The molecule has 0 bridgehead atoms. The zero-order valence-corrected chi connectivity index (χ0v) is 9.87. The molecule has 0 heterocycles. The van der Waals surface area contributed by atoms with Crippen LogP contribution in [-0.4, -0.2) is 27.6 Å². The molecule has 0 fully saturated rings. The Morgan fingerprint density at radius 2 is 1.82 bits per heavy atom. The van der Waals surface area contributed by atoms with Crippen molar-refractivity contribution < 1.29 is 26.5 Å². The van der Waals surface area contributed by atoms with Gasteiger partial charge in [0.25, 0.3) is 10.1 Å². The zero-order valence-electron chi connectivity index (χ0n) is 9.05. The van der Waals surface area contributed by atoms with E-state index in [1.54, 1.807) is 0 Å². The smallest absolute Gasteiger partial charge is 0.302 e. The lowest BCUT2D eigenvalue weighted by atomic mass is 10.4. The summed E-state index contributed by atoms with van der Waals surface area (Å²) < 4.78 is 44.7. The summed E-state index contributed by atoms with van der Waals surface area (Å²) in [5.74, 6) is -1.06. The minimum atomic E-state index is -3.93. The lowest BCUT2D eigenvalue weighted by molar-refractivity contribution is -0.141. The van der Waals surface area contributed by atoms with Gasteiger partial charge in [0, 0.05) is 6.92 Å². The third-order valence-corrected chi connectivity index (χ3v) is 3.06. The summed E-state index contributed by atoms with van der Waals surface area (Å²) in [5.41, 5.74) is 0. The highest BCUT2D eigenvalue weighted by Crippen LogP contribution is 2.12. The molecule has 0 aliphatic carbocycles. The summed E-state index contributed by atoms with van der Waals surface area (Å²) in [6, 6.07) is 4.22. The van der Waals surface area contributed by atoms with Gasteiger partial charge in [-0.05, 0) is 24.3 Å². The topological polar surface area (TPSA) is 69.7 Å². The fourth-order valence-corrected chi connectivity index (χ4v) is 1.89. The van der Waals surface area contributed by atoms with E-state index in [-0.39, 0.29) is 18.1 Å². The van der Waals surface area contributed by atoms with Gasteiger partial charge in [-0.2, -0.15) is 8.42 Å². The van der Waals surface area contributed by atoms with Gasteiger partial charge in [-0.1, -0.05) is 0 Å². The Hall–Kier alpha value is -1.47. The number of halogens is 1. The van der Waals surface area contributed by atoms with Crippen LogP contribution in [0.25, 0.3) is 0 Å². The molecule has 0 amide bonds. The maximum atomic E-state index is 12.6. The third-order valence-electron chi connectivity index (χ3n) is 1.73. The van der Waals surface area contributed by atoms with Crippen LogP contribution in [0.5, 0.6) is 0 Å². The monoisotopic (exact) mass is 262 g/mol. The predicted molar refractivity (Wildman–Crippen MR) is 56.2 cm³/mol. The first-order valence-electron chi connectivity index (χ1n) is 4.70. The average molecular weight is 262 g/mol. The maximum Gasteiger partial charge on any atom is 0.302 e. The molecule has 1 rings (SSSR count). The van der Waals surface area contributed by atoms with Gasteiger partial charge in [-0.25, -0.2) is 4.39 Å². The van der Waals surface area contributed by atoms with Crippen LogP contribution >= 0.6 is 0 Å². The largest absolute Gasteiger partial charge is 0.463 e. The molecule has 1 aromatic rings. The van der Waals surface area contributed by atoms with E-state index in [1.807, 2.05) is 0 Å². The van der Waals surface area contributed by atoms with Crippen molar-refractivity contribution in [1.82, 2.24) is 0 Å². The summed E-state index contributed by atoms with van der Waals surface area (Å²) in [7, 11) is -3.93. The normalized spacial score (nSPS) is 11.2. The van der Waals surface area contributed by atoms with Gasteiger partial charge in [0.2, 0.25) is 0 Å². The van der Waals surface area contributed by atoms with Crippen molar-refractivity contribution >= 4 is 16.1 Å². The lowest BCUT2D eigenvalue weighted by Gasteiger charge is -2.05. The van der Waals surface area contributed by atoms with Gasteiger partial charge in [0.05, 0.1) is 4.90 Å². The van der Waals surface area contributed by atoms with Crippen molar-refractivity contribution in [3.05, 3.63) is 30.1 Å². The number of esters is 1. The first kappa shape index (κ1) is 13.6. The molecule has 0 unspecified atom stereocenters. The first-order chi connectivity index (χ1) is 7.92. The molecule has 0 aliphatic rings. The molecule has 0 atom stereocenters. The molecule has 17 heavy (non-hydrogen) atoms. The van der Waals surface area contributed by atoms with E-state index in [0.29, 0.717) is 0 Å². The molecule has 0 saturated heterocycles. The van der Waals surface area contributed by atoms with Crippen molar-refractivity contribution in [1.29, 1.82) is 0 Å². The fraction of sp³-hybridized carbons (Fsp3) is 0.300. The van der Waals surface area contributed by atoms with Crippen LogP contribution < -0.4 is 0 Å². The number of carbonyl (C=O) groups is 1. The highest BCUT2D eigenvalue weighted by atomic mass is 32.2. The molecular formula is C10H11FO5S. The quantitative estimate of drug-likeness (QED) is 0.451. The average Bonchev–Trinajstić information content (AvgIpc) is 2.25. The Labute approximate surface area is 98.3 Å². The molecule has 1 aromatic carbocycles. The van der Waals surface area contributed by atoms with E-state index in [9.17, 15) is 17.6 Å². The molecule has 0 N–H and O–H groups in total. The van der Waals surface area contributed by atoms with Crippen LogP contribution in [0.2, 0.25) is 0 Å². The van der Waals surface area contributed by atoms with Crippen molar-refractivity contribution in [3.63, 3.8) is 0 Å². The Bertz CT molecular complexity index is 480. The molecule has 0 aliphatic heterocycles. The summed E-state index contributed by atoms with van der Waals surface area (Å²) in [6.45, 7) is 0.767. The van der Waals surface area contributed by atoms with Crippen molar-refractivity contribution in [2.45, 2.75) is 11.8 Å². The van der Waals surface area contributed by atoms with Crippen LogP contribution in [-0.2, 0) is 23.8 Å². The molecule has 5 nitrogen and oxygen atoms in total. The minimum absolute atomic E-state index is 0.151. The molecule has 0 aromatic heterocycles. The number of ether oxygens (including phenoxy) is 1. The van der Waals surface area contributed by atoms with Crippen LogP contribution in [0.15, 0.2) is 29.2 Å². The second kappa shape index (κ2) is 5.74. The van der Waals surface area contributed by atoms with Gasteiger partial charge in [-0.3, -0.25) is 8.98 Å². The van der Waals surface area contributed by atoms with Crippen LogP contribution in [0.4, 0.5) is 4.39 Å². The molecule has 94 valence electrons. The number of rotatable bonds is 5. The SMILES string of the molecule is CC(=O)OCCOS(=O)(=O)c1ccc(F)cc1.